The summed E-state index contributed by atoms with van der Waals surface area (Å²) in [5.41, 5.74) is 0. The molecular weight excluding hydrogens is 258 g/mol. The molecule has 2 heterocycles. The molecule has 1 N–H and O–H groups in total. The van der Waals surface area contributed by atoms with Gasteiger partial charge in [0, 0.05) is 39.4 Å². The van der Waals surface area contributed by atoms with Crippen molar-refractivity contribution in [2.24, 2.45) is 0 Å². The van der Waals surface area contributed by atoms with Gasteiger partial charge in [-0.25, -0.2) is 9.97 Å². The van der Waals surface area contributed by atoms with E-state index in [1.165, 1.54) is 6.33 Å². The van der Waals surface area contributed by atoms with Crippen molar-refractivity contribution in [1.29, 1.82) is 0 Å². The van der Waals surface area contributed by atoms with Gasteiger partial charge in [-0.3, -0.25) is 4.79 Å². The van der Waals surface area contributed by atoms with Crippen LogP contribution in [-0.4, -0.2) is 67.2 Å². The Morgan fingerprint density at radius 3 is 2.95 bits per heavy atom. The van der Waals surface area contributed by atoms with Gasteiger partial charge in [0.2, 0.25) is 5.91 Å². The summed E-state index contributed by atoms with van der Waals surface area (Å²) in [6.45, 7) is 4.48. The molecule has 0 spiro atoms. The molecule has 110 valence electrons. The highest BCUT2D eigenvalue weighted by atomic mass is 16.5. The average molecular weight is 279 g/mol. The van der Waals surface area contributed by atoms with Gasteiger partial charge in [-0.2, -0.15) is 0 Å². The Morgan fingerprint density at radius 2 is 2.25 bits per heavy atom. The zero-order chi connectivity index (χ0) is 14.5. The number of nitrogens with zero attached hydrogens (tertiary/aromatic N) is 4. The Kier molecular flexibility index (Phi) is 4.73. The van der Waals surface area contributed by atoms with E-state index >= 15 is 0 Å². The number of ether oxygens (including phenoxy) is 1. The summed E-state index contributed by atoms with van der Waals surface area (Å²) in [5.74, 6) is 1.62. The van der Waals surface area contributed by atoms with Crippen molar-refractivity contribution in [2.45, 2.75) is 13.0 Å². The van der Waals surface area contributed by atoms with E-state index in [1.807, 2.05) is 24.9 Å². The van der Waals surface area contributed by atoms with Crippen LogP contribution in [0.3, 0.4) is 0 Å². The van der Waals surface area contributed by atoms with Crippen LogP contribution in [0, 0.1) is 0 Å². The molecule has 0 saturated carbocycles. The molecule has 0 aromatic carbocycles. The van der Waals surface area contributed by atoms with Crippen LogP contribution < -0.4 is 10.2 Å². The molecule has 1 saturated heterocycles. The molecule has 1 aliphatic heterocycles. The second-order valence-corrected chi connectivity index (χ2v) is 5.00. The molecule has 1 aliphatic rings. The van der Waals surface area contributed by atoms with Crippen LogP contribution in [0.4, 0.5) is 11.6 Å². The predicted octanol–water partition coefficient (Wildman–Crippen LogP) is 0.202. The Balaban J connectivity index is 2.04. The summed E-state index contributed by atoms with van der Waals surface area (Å²) >= 11 is 0. The summed E-state index contributed by atoms with van der Waals surface area (Å²) in [6.07, 6.45) is 1.51. The minimum atomic E-state index is 0.108. The summed E-state index contributed by atoms with van der Waals surface area (Å²) in [5, 5.41) is 3.24. The van der Waals surface area contributed by atoms with Crippen LogP contribution >= 0.6 is 0 Å². The first-order valence-electron chi connectivity index (χ1n) is 6.66. The predicted molar refractivity (Wildman–Crippen MR) is 76.8 cm³/mol. The molecule has 7 heteroatoms. The number of piperazine rings is 1. The lowest BCUT2D eigenvalue weighted by molar-refractivity contribution is -0.129. The number of amides is 1. The highest BCUT2D eigenvalue weighted by molar-refractivity contribution is 5.82. The molecule has 2 rings (SSSR count). The number of methoxy groups -OCH3 is 1. The van der Waals surface area contributed by atoms with E-state index in [4.69, 9.17) is 4.74 Å². The minimum absolute atomic E-state index is 0.108. The van der Waals surface area contributed by atoms with E-state index in [0.29, 0.717) is 19.7 Å². The third kappa shape index (κ3) is 3.57. The number of aromatic nitrogens is 2. The van der Waals surface area contributed by atoms with Gasteiger partial charge >= 0.3 is 0 Å². The highest BCUT2D eigenvalue weighted by Gasteiger charge is 2.22. The minimum Gasteiger partial charge on any atom is -0.383 e. The van der Waals surface area contributed by atoms with Crippen LogP contribution in [0.1, 0.15) is 6.92 Å². The van der Waals surface area contributed by atoms with Crippen LogP contribution in [0.25, 0.3) is 0 Å². The van der Waals surface area contributed by atoms with Crippen molar-refractivity contribution in [3.8, 4) is 0 Å². The molecule has 1 aromatic heterocycles. The maximum absolute atomic E-state index is 11.7. The summed E-state index contributed by atoms with van der Waals surface area (Å²) in [6, 6.07) is 2.03. The van der Waals surface area contributed by atoms with E-state index in [9.17, 15) is 4.79 Å². The number of anilines is 2. The Hall–Kier alpha value is -1.89. The first-order chi connectivity index (χ1) is 9.60. The number of hydrogen-bond donors (Lipinski definition) is 1. The number of nitrogens with one attached hydrogen (secondary N) is 1. The number of hydrogen-bond acceptors (Lipinski definition) is 6. The molecule has 0 unspecified atom stereocenters. The highest BCUT2D eigenvalue weighted by Crippen LogP contribution is 2.16. The lowest BCUT2D eigenvalue weighted by Gasteiger charge is -2.32. The van der Waals surface area contributed by atoms with Crippen molar-refractivity contribution in [2.75, 3.05) is 50.6 Å². The van der Waals surface area contributed by atoms with Crippen LogP contribution in [0.15, 0.2) is 12.4 Å². The van der Waals surface area contributed by atoms with Gasteiger partial charge in [-0.15, -0.1) is 0 Å². The van der Waals surface area contributed by atoms with E-state index in [-0.39, 0.29) is 11.9 Å². The molecule has 20 heavy (non-hydrogen) atoms. The van der Waals surface area contributed by atoms with Crippen molar-refractivity contribution < 1.29 is 9.53 Å². The van der Waals surface area contributed by atoms with Gasteiger partial charge in [0.1, 0.15) is 18.0 Å². The van der Waals surface area contributed by atoms with Crippen LogP contribution in [-0.2, 0) is 9.53 Å². The molecular formula is C13H21N5O2. The lowest BCUT2D eigenvalue weighted by atomic mass is 10.3. The topological polar surface area (TPSA) is 70.6 Å². The number of carbonyl (C=O) groups excluding carboxylic acids is 1. The van der Waals surface area contributed by atoms with Crippen molar-refractivity contribution in [1.82, 2.24) is 14.9 Å². The fourth-order valence-electron chi connectivity index (χ4n) is 2.10. The number of carbonyl (C=O) groups is 1. The molecule has 1 atom stereocenters. The molecule has 7 nitrogen and oxygen atoms in total. The van der Waals surface area contributed by atoms with Gasteiger partial charge < -0.3 is 19.9 Å². The standard InChI is InChI=1S/C13H21N5O2/c1-10(8-20-3)16-11-6-12(15-9-14-11)18-5-4-17(2)13(19)7-18/h6,9-10H,4-5,7-8H2,1-3H3,(H,14,15,16)/t10-/m1/s1. The van der Waals surface area contributed by atoms with Gasteiger partial charge in [0.05, 0.1) is 13.2 Å². The monoisotopic (exact) mass is 279 g/mol. The fourth-order valence-corrected chi connectivity index (χ4v) is 2.10. The Morgan fingerprint density at radius 1 is 1.45 bits per heavy atom. The van der Waals surface area contributed by atoms with Gasteiger partial charge in [0.25, 0.3) is 0 Å². The van der Waals surface area contributed by atoms with E-state index < -0.39 is 0 Å². The smallest absolute Gasteiger partial charge is 0.241 e. The number of rotatable bonds is 5. The SMILES string of the molecule is COC[C@@H](C)Nc1cc(N2CCN(C)C(=O)C2)ncn1. The molecule has 1 aromatic rings. The second kappa shape index (κ2) is 6.51. The maximum atomic E-state index is 11.7. The second-order valence-electron chi connectivity index (χ2n) is 5.00. The molecule has 0 aliphatic carbocycles. The molecule has 0 bridgehead atoms. The normalized spacial score (nSPS) is 17.2. The third-order valence-corrected chi connectivity index (χ3v) is 3.24. The van der Waals surface area contributed by atoms with E-state index in [2.05, 4.69) is 15.3 Å². The quantitative estimate of drug-likeness (QED) is 0.830. The van der Waals surface area contributed by atoms with Crippen LogP contribution in [0.5, 0.6) is 0 Å². The number of likely N-dealkylation sites (N-methyl/N-ethyl adjacent to an activating group) is 1. The largest absolute Gasteiger partial charge is 0.383 e. The lowest BCUT2D eigenvalue weighted by Crippen LogP contribution is -2.48. The van der Waals surface area contributed by atoms with Crippen molar-refractivity contribution in [3.05, 3.63) is 12.4 Å². The zero-order valence-corrected chi connectivity index (χ0v) is 12.2. The average Bonchev–Trinajstić information content (AvgIpc) is 2.42. The molecule has 1 fully saturated rings. The molecule has 0 radical (unpaired) electrons. The maximum Gasteiger partial charge on any atom is 0.241 e. The van der Waals surface area contributed by atoms with Gasteiger partial charge in [0.15, 0.2) is 0 Å². The van der Waals surface area contributed by atoms with Crippen LogP contribution in [0.2, 0.25) is 0 Å². The first-order valence-corrected chi connectivity index (χ1v) is 6.66. The Labute approximate surface area is 118 Å². The third-order valence-electron chi connectivity index (χ3n) is 3.24. The fraction of sp³-hybridized carbons (Fsp3) is 0.615. The van der Waals surface area contributed by atoms with Gasteiger partial charge in [-0.1, -0.05) is 0 Å². The van der Waals surface area contributed by atoms with E-state index in [0.717, 1.165) is 18.2 Å². The zero-order valence-electron chi connectivity index (χ0n) is 12.2. The van der Waals surface area contributed by atoms with Gasteiger partial charge in [-0.05, 0) is 6.92 Å². The molecule has 1 amide bonds. The van der Waals surface area contributed by atoms with Crippen molar-refractivity contribution >= 4 is 17.5 Å². The van der Waals surface area contributed by atoms with E-state index in [1.54, 1.807) is 12.0 Å². The summed E-state index contributed by atoms with van der Waals surface area (Å²) in [4.78, 5) is 23.9. The summed E-state index contributed by atoms with van der Waals surface area (Å²) in [7, 11) is 3.48. The first kappa shape index (κ1) is 14.5. The summed E-state index contributed by atoms with van der Waals surface area (Å²) < 4.78 is 5.08. The Bertz CT molecular complexity index is 468. The van der Waals surface area contributed by atoms with Crippen molar-refractivity contribution in [3.63, 3.8) is 0 Å².